The Morgan fingerprint density at radius 2 is 1.43 bits per heavy atom. The van der Waals surface area contributed by atoms with Gasteiger partial charge in [-0.3, -0.25) is 9.59 Å². The van der Waals surface area contributed by atoms with Gasteiger partial charge in [0.2, 0.25) is 11.8 Å². The van der Waals surface area contributed by atoms with Crippen LogP contribution in [0, 0.1) is 0 Å². The Morgan fingerprint density at radius 1 is 0.905 bits per heavy atom. The van der Waals surface area contributed by atoms with Crippen molar-refractivity contribution in [3.63, 3.8) is 0 Å². The van der Waals surface area contributed by atoms with E-state index in [1.165, 1.54) is 38.5 Å². The molecule has 2 amide bonds. The third kappa shape index (κ3) is 5.01. The van der Waals surface area contributed by atoms with E-state index in [1.807, 2.05) is 9.80 Å². The third-order valence-corrected chi connectivity index (χ3v) is 4.93. The van der Waals surface area contributed by atoms with Crippen molar-refractivity contribution in [3.05, 3.63) is 0 Å². The van der Waals surface area contributed by atoms with E-state index >= 15 is 0 Å². The van der Waals surface area contributed by atoms with Crippen LogP contribution >= 0.6 is 0 Å². The SMILES string of the molecule is CC(=O)N(CC(=O)N1CCCCCC1)C1CCCCCC1. The van der Waals surface area contributed by atoms with Crippen LogP contribution in [0.5, 0.6) is 0 Å². The fraction of sp³-hybridized carbons (Fsp3) is 0.882. The molecule has 2 fully saturated rings. The topological polar surface area (TPSA) is 40.6 Å². The molecule has 0 bridgehead atoms. The molecule has 1 heterocycles. The van der Waals surface area contributed by atoms with Gasteiger partial charge in [-0.25, -0.2) is 0 Å². The molecule has 4 heteroatoms. The van der Waals surface area contributed by atoms with E-state index in [-0.39, 0.29) is 17.9 Å². The van der Waals surface area contributed by atoms with Crippen LogP contribution in [-0.2, 0) is 9.59 Å². The number of carbonyl (C=O) groups is 2. The number of nitrogens with zero attached hydrogens (tertiary/aromatic N) is 2. The van der Waals surface area contributed by atoms with Crippen molar-refractivity contribution >= 4 is 11.8 Å². The van der Waals surface area contributed by atoms with Crippen molar-refractivity contribution < 1.29 is 9.59 Å². The van der Waals surface area contributed by atoms with Gasteiger partial charge in [-0.1, -0.05) is 38.5 Å². The molecule has 1 aliphatic carbocycles. The largest absolute Gasteiger partial charge is 0.341 e. The third-order valence-electron chi connectivity index (χ3n) is 4.93. The molecule has 1 saturated carbocycles. The minimum atomic E-state index is 0.0603. The van der Waals surface area contributed by atoms with Crippen LogP contribution in [0.25, 0.3) is 0 Å². The van der Waals surface area contributed by atoms with E-state index in [4.69, 9.17) is 0 Å². The summed E-state index contributed by atoms with van der Waals surface area (Å²) in [6.45, 7) is 3.64. The van der Waals surface area contributed by atoms with Crippen LogP contribution in [0.4, 0.5) is 0 Å². The highest BCUT2D eigenvalue weighted by molar-refractivity contribution is 5.84. The summed E-state index contributed by atoms with van der Waals surface area (Å²) in [6, 6.07) is 0.279. The molecule has 2 rings (SSSR count). The Kier molecular flexibility index (Phi) is 6.52. The van der Waals surface area contributed by atoms with Crippen molar-refractivity contribution in [1.29, 1.82) is 0 Å². The summed E-state index contributed by atoms with van der Waals surface area (Å²) in [6.07, 6.45) is 11.7. The summed E-state index contributed by atoms with van der Waals surface area (Å²) in [4.78, 5) is 28.3. The average Bonchev–Trinajstić information content (AvgIpc) is 2.88. The molecule has 0 atom stereocenters. The summed E-state index contributed by atoms with van der Waals surface area (Å²) in [5.74, 6) is 0.210. The summed E-state index contributed by atoms with van der Waals surface area (Å²) in [5.41, 5.74) is 0. The normalized spacial score (nSPS) is 21.5. The molecule has 1 saturated heterocycles. The van der Waals surface area contributed by atoms with Gasteiger partial charge in [0.15, 0.2) is 0 Å². The first-order valence-electron chi connectivity index (χ1n) is 8.73. The van der Waals surface area contributed by atoms with Crippen molar-refractivity contribution in [2.45, 2.75) is 77.2 Å². The van der Waals surface area contributed by atoms with Gasteiger partial charge in [-0.2, -0.15) is 0 Å². The van der Waals surface area contributed by atoms with Gasteiger partial charge in [0.1, 0.15) is 0 Å². The van der Waals surface area contributed by atoms with E-state index in [1.54, 1.807) is 6.92 Å². The molecule has 21 heavy (non-hydrogen) atoms. The maximum Gasteiger partial charge on any atom is 0.242 e. The van der Waals surface area contributed by atoms with Crippen LogP contribution in [0.15, 0.2) is 0 Å². The second-order valence-electron chi connectivity index (χ2n) is 6.59. The molecule has 2 aliphatic rings. The number of amides is 2. The minimum Gasteiger partial charge on any atom is -0.341 e. The highest BCUT2D eigenvalue weighted by atomic mass is 16.2. The van der Waals surface area contributed by atoms with Crippen molar-refractivity contribution in [3.8, 4) is 0 Å². The first kappa shape index (κ1) is 16.3. The van der Waals surface area contributed by atoms with Gasteiger partial charge < -0.3 is 9.80 Å². The number of carbonyl (C=O) groups excluding carboxylic acids is 2. The van der Waals surface area contributed by atoms with Crippen LogP contribution in [0.1, 0.15) is 71.1 Å². The Labute approximate surface area is 128 Å². The molecule has 1 aliphatic heterocycles. The van der Waals surface area contributed by atoms with E-state index < -0.39 is 0 Å². The highest BCUT2D eigenvalue weighted by Crippen LogP contribution is 2.22. The fourth-order valence-corrected chi connectivity index (χ4v) is 3.63. The van der Waals surface area contributed by atoms with E-state index in [2.05, 4.69) is 0 Å². The van der Waals surface area contributed by atoms with Gasteiger partial charge >= 0.3 is 0 Å². The summed E-state index contributed by atoms with van der Waals surface area (Å²) < 4.78 is 0. The van der Waals surface area contributed by atoms with Gasteiger partial charge in [0.25, 0.3) is 0 Å². The average molecular weight is 294 g/mol. The van der Waals surface area contributed by atoms with Gasteiger partial charge in [-0.05, 0) is 25.7 Å². The van der Waals surface area contributed by atoms with Gasteiger partial charge in [-0.15, -0.1) is 0 Å². The Balaban J connectivity index is 1.94. The van der Waals surface area contributed by atoms with Crippen molar-refractivity contribution in [1.82, 2.24) is 9.80 Å². The van der Waals surface area contributed by atoms with Gasteiger partial charge in [0, 0.05) is 26.1 Å². The van der Waals surface area contributed by atoms with E-state index in [0.717, 1.165) is 38.8 Å². The molecule has 0 radical (unpaired) electrons. The molecule has 0 aromatic heterocycles. The summed E-state index contributed by atoms with van der Waals surface area (Å²) >= 11 is 0. The quantitative estimate of drug-likeness (QED) is 0.751. The maximum absolute atomic E-state index is 12.5. The fourth-order valence-electron chi connectivity index (χ4n) is 3.63. The molecule has 0 unspecified atom stereocenters. The molecular weight excluding hydrogens is 264 g/mol. The number of hydrogen-bond donors (Lipinski definition) is 0. The first-order chi connectivity index (χ1) is 10.2. The Morgan fingerprint density at radius 3 is 1.95 bits per heavy atom. The lowest BCUT2D eigenvalue weighted by atomic mass is 10.1. The summed E-state index contributed by atoms with van der Waals surface area (Å²) in [7, 11) is 0. The summed E-state index contributed by atoms with van der Waals surface area (Å²) in [5, 5.41) is 0. The zero-order chi connectivity index (χ0) is 15.1. The molecule has 120 valence electrons. The van der Waals surface area contributed by atoms with Gasteiger partial charge in [0.05, 0.1) is 6.54 Å². The smallest absolute Gasteiger partial charge is 0.242 e. The predicted octanol–water partition coefficient (Wildman–Crippen LogP) is 2.96. The lowest BCUT2D eigenvalue weighted by molar-refractivity contribution is -0.141. The Hall–Kier alpha value is -1.06. The van der Waals surface area contributed by atoms with Crippen LogP contribution < -0.4 is 0 Å². The lowest BCUT2D eigenvalue weighted by Crippen LogP contribution is -2.47. The second-order valence-corrected chi connectivity index (χ2v) is 6.59. The maximum atomic E-state index is 12.5. The van der Waals surface area contributed by atoms with Crippen LogP contribution in [0.3, 0.4) is 0 Å². The molecular formula is C17H30N2O2. The van der Waals surface area contributed by atoms with Crippen molar-refractivity contribution in [2.75, 3.05) is 19.6 Å². The molecule has 4 nitrogen and oxygen atoms in total. The standard InChI is InChI=1S/C17H30N2O2/c1-15(20)19(16-10-6-2-3-7-11-16)14-17(21)18-12-8-4-5-9-13-18/h16H,2-14H2,1H3. The molecule has 0 N–H and O–H groups in total. The predicted molar refractivity (Wildman–Crippen MR) is 83.9 cm³/mol. The molecule has 0 aromatic carbocycles. The highest BCUT2D eigenvalue weighted by Gasteiger charge is 2.26. The van der Waals surface area contributed by atoms with E-state index in [0.29, 0.717) is 6.54 Å². The minimum absolute atomic E-state index is 0.0603. The Bertz CT molecular complexity index is 341. The monoisotopic (exact) mass is 294 g/mol. The molecule has 0 aromatic rings. The van der Waals surface area contributed by atoms with Crippen molar-refractivity contribution in [2.24, 2.45) is 0 Å². The second kappa shape index (κ2) is 8.40. The zero-order valence-electron chi connectivity index (χ0n) is 13.5. The number of hydrogen-bond acceptors (Lipinski definition) is 2. The lowest BCUT2D eigenvalue weighted by Gasteiger charge is -2.32. The number of likely N-dealkylation sites (tertiary alicyclic amines) is 1. The zero-order valence-corrected chi connectivity index (χ0v) is 13.5. The van der Waals surface area contributed by atoms with Crippen LogP contribution in [-0.4, -0.2) is 47.3 Å². The van der Waals surface area contributed by atoms with E-state index in [9.17, 15) is 9.59 Å². The first-order valence-corrected chi connectivity index (χ1v) is 8.73. The van der Waals surface area contributed by atoms with Crippen LogP contribution in [0.2, 0.25) is 0 Å². The number of rotatable bonds is 3. The molecule has 0 spiro atoms.